The van der Waals surface area contributed by atoms with Gasteiger partial charge >= 0.3 is 0 Å². The molecule has 2 nitrogen and oxygen atoms in total. The van der Waals surface area contributed by atoms with Crippen LogP contribution < -0.4 is 5.32 Å². The molecule has 2 aromatic rings. The Balaban J connectivity index is 1.93. The molecule has 0 bridgehead atoms. The quantitative estimate of drug-likeness (QED) is 0.887. The summed E-state index contributed by atoms with van der Waals surface area (Å²) in [7, 11) is 0. The average Bonchev–Trinajstić information content (AvgIpc) is 2.43. The molecule has 0 spiro atoms. The first-order valence-corrected chi connectivity index (χ1v) is 6.40. The van der Waals surface area contributed by atoms with Crippen LogP contribution in [0.2, 0.25) is 0 Å². The fraction of sp³-hybridized carbons (Fsp3) is 0.267. The standard InChI is InChI=1S/C15H14F2N2/c16-11-6-2-7-12(17)15(11)19-13-8-1-4-10-5-3-9-18-14(10)13/h2-3,5-7,9,13,19H,1,4,8H2. The molecule has 0 radical (unpaired) electrons. The first-order valence-electron chi connectivity index (χ1n) is 6.40. The highest BCUT2D eigenvalue weighted by molar-refractivity contribution is 5.48. The molecule has 1 atom stereocenters. The van der Waals surface area contributed by atoms with Crippen molar-refractivity contribution in [1.29, 1.82) is 0 Å². The second-order valence-electron chi connectivity index (χ2n) is 4.73. The molecular formula is C15H14F2N2. The predicted octanol–water partition coefficient (Wildman–Crippen LogP) is 3.85. The van der Waals surface area contributed by atoms with E-state index in [4.69, 9.17) is 0 Å². The van der Waals surface area contributed by atoms with Gasteiger partial charge in [0.15, 0.2) is 0 Å². The minimum atomic E-state index is -0.567. The second kappa shape index (κ2) is 4.96. The number of nitrogens with zero attached hydrogens (tertiary/aromatic N) is 1. The van der Waals surface area contributed by atoms with E-state index < -0.39 is 11.6 Å². The van der Waals surface area contributed by atoms with Gasteiger partial charge in [0.25, 0.3) is 0 Å². The molecule has 0 amide bonds. The number of aryl methyl sites for hydroxylation is 1. The van der Waals surface area contributed by atoms with Gasteiger partial charge in [-0.3, -0.25) is 4.98 Å². The van der Waals surface area contributed by atoms with Crippen molar-refractivity contribution in [2.24, 2.45) is 0 Å². The van der Waals surface area contributed by atoms with Gasteiger partial charge in [0.2, 0.25) is 0 Å². The lowest BCUT2D eigenvalue weighted by Gasteiger charge is -2.26. The highest BCUT2D eigenvalue weighted by Crippen LogP contribution is 2.32. The van der Waals surface area contributed by atoms with Crippen molar-refractivity contribution in [3.8, 4) is 0 Å². The third kappa shape index (κ3) is 2.30. The van der Waals surface area contributed by atoms with Crippen LogP contribution in [0.4, 0.5) is 14.5 Å². The Bertz CT molecular complexity index is 578. The minimum Gasteiger partial charge on any atom is -0.372 e. The van der Waals surface area contributed by atoms with E-state index in [1.807, 2.05) is 12.1 Å². The average molecular weight is 260 g/mol. The molecule has 0 saturated carbocycles. The zero-order chi connectivity index (χ0) is 13.2. The fourth-order valence-corrected chi connectivity index (χ4v) is 2.56. The van der Waals surface area contributed by atoms with Crippen LogP contribution in [0, 0.1) is 11.6 Å². The van der Waals surface area contributed by atoms with Gasteiger partial charge < -0.3 is 5.32 Å². The predicted molar refractivity (Wildman–Crippen MR) is 69.9 cm³/mol. The van der Waals surface area contributed by atoms with Crippen LogP contribution in [0.3, 0.4) is 0 Å². The Morgan fingerprint density at radius 2 is 1.89 bits per heavy atom. The maximum absolute atomic E-state index is 13.7. The van der Waals surface area contributed by atoms with E-state index in [-0.39, 0.29) is 11.7 Å². The maximum Gasteiger partial charge on any atom is 0.149 e. The highest BCUT2D eigenvalue weighted by atomic mass is 19.1. The molecular weight excluding hydrogens is 246 g/mol. The van der Waals surface area contributed by atoms with Gasteiger partial charge in [-0.25, -0.2) is 8.78 Å². The molecule has 1 heterocycles. The zero-order valence-corrected chi connectivity index (χ0v) is 10.4. The van der Waals surface area contributed by atoms with Gasteiger partial charge in [0.05, 0.1) is 11.7 Å². The lowest BCUT2D eigenvalue weighted by molar-refractivity contribution is 0.554. The van der Waals surface area contributed by atoms with Gasteiger partial charge in [-0.2, -0.15) is 0 Å². The molecule has 98 valence electrons. The van der Waals surface area contributed by atoms with E-state index in [1.165, 1.54) is 18.2 Å². The van der Waals surface area contributed by atoms with Crippen molar-refractivity contribution < 1.29 is 8.78 Å². The molecule has 0 aliphatic heterocycles. The van der Waals surface area contributed by atoms with Gasteiger partial charge in [-0.15, -0.1) is 0 Å². The number of fused-ring (bicyclic) bond motifs is 1. The Labute approximate surface area is 110 Å². The molecule has 1 aliphatic carbocycles. The van der Waals surface area contributed by atoms with Crippen LogP contribution in [0.15, 0.2) is 36.5 Å². The van der Waals surface area contributed by atoms with E-state index in [0.717, 1.165) is 30.5 Å². The van der Waals surface area contributed by atoms with Crippen LogP contribution in [0.1, 0.15) is 30.1 Å². The lowest BCUT2D eigenvalue weighted by atomic mass is 9.92. The Morgan fingerprint density at radius 3 is 2.68 bits per heavy atom. The third-order valence-corrected chi connectivity index (χ3v) is 3.48. The van der Waals surface area contributed by atoms with Gasteiger partial charge in [-0.1, -0.05) is 12.1 Å². The van der Waals surface area contributed by atoms with Crippen LogP contribution in [0.25, 0.3) is 0 Å². The first kappa shape index (κ1) is 12.1. The second-order valence-corrected chi connectivity index (χ2v) is 4.73. The molecule has 0 fully saturated rings. The number of halogens is 2. The normalized spacial score (nSPS) is 17.9. The van der Waals surface area contributed by atoms with Crippen LogP contribution in [0.5, 0.6) is 0 Å². The summed E-state index contributed by atoms with van der Waals surface area (Å²) in [6.07, 6.45) is 4.52. The summed E-state index contributed by atoms with van der Waals surface area (Å²) < 4.78 is 27.3. The Hall–Kier alpha value is -1.97. The summed E-state index contributed by atoms with van der Waals surface area (Å²) >= 11 is 0. The largest absolute Gasteiger partial charge is 0.372 e. The third-order valence-electron chi connectivity index (χ3n) is 3.48. The Morgan fingerprint density at radius 1 is 1.11 bits per heavy atom. The molecule has 1 aromatic heterocycles. The van der Waals surface area contributed by atoms with E-state index in [0.29, 0.717) is 0 Å². The molecule has 0 saturated heterocycles. The van der Waals surface area contributed by atoms with E-state index in [9.17, 15) is 8.78 Å². The van der Waals surface area contributed by atoms with Crippen molar-refractivity contribution in [2.45, 2.75) is 25.3 Å². The summed E-state index contributed by atoms with van der Waals surface area (Å²) in [4.78, 5) is 4.35. The number of pyridine rings is 1. The number of rotatable bonds is 2. The van der Waals surface area contributed by atoms with Gasteiger partial charge in [0.1, 0.15) is 17.3 Å². The molecule has 1 unspecified atom stereocenters. The van der Waals surface area contributed by atoms with Gasteiger partial charge in [-0.05, 0) is 43.0 Å². The topological polar surface area (TPSA) is 24.9 Å². The van der Waals surface area contributed by atoms with Crippen molar-refractivity contribution in [2.75, 3.05) is 5.32 Å². The maximum atomic E-state index is 13.7. The number of hydrogen-bond donors (Lipinski definition) is 1. The van der Waals surface area contributed by atoms with E-state index >= 15 is 0 Å². The van der Waals surface area contributed by atoms with Gasteiger partial charge in [0, 0.05) is 6.20 Å². The molecule has 3 rings (SSSR count). The molecule has 1 aliphatic rings. The van der Waals surface area contributed by atoms with Crippen LogP contribution in [-0.2, 0) is 6.42 Å². The number of aromatic nitrogens is 1. The SMILES string of the molecule is Fc1cccc(F)c1NC1CCCc2cccnc21. The highest BCUT2D eigenvalue weighted by Gasteiger charge is 2.23. The van der Waals surface area contributed by atoms with Crippen molar-refractivity contribution in [3.63, 3.8) is 0 Å². The molecule has 1 aromatic carbocycles. The minimum absolute atomic E-state index is 0.0639. The molecule has 1 N–H and O–H groups in total. The van der Waals surface area contributed by atoms with Crippen LogP contribution in [-0.4, -0.2) is 4.98 Å². The zero-order valence-electron chi connectivity index (χ0n) is 10.4. The monoisotopic (exact) mass is 260 g/mol. The van der Waals surface area contributed by atoms with E-state index in [1.54, 1.807) is 6.20 Å². The van der Waals surface area contributed by atoms with Crippen LogP contribution >= 0.6 is 0 Å². The smallest absolute Gasteiger partial charge is 0.149 e. The van der Waals surface area contributed by atoms with E-state index in [2.05, 4.69) is 10.3 Å². The number of benzene rings is 1. The van der Waals surface area contributed by atoms with Crippen molar-refractivity contribution in [3.05, 3.63) is 59.4 Å². The molecule has 19 heavy (non-hydrogen) atoms. The fourth-order valence-electron chi connectivity index (χ4n) is 2.56. The lowest BCUT2D eigenvalue weighted by Crippen LogP contribution is -2.20. The van der Waals surface area contributed by atoms with Crippen molar-refractivity contribution >= 4 is 5.69 Å². The first-order chi connectivity index (χ1) is 9.25. The number of anilines is 1. The molecule has 4 heteroatoms. The summed E-state index contributed by atoms with van der Waals surface area (Å²) in [5, 5.41) is 2.96. The number of hydrogen-bond acceptors (Lipinski definition) is 2. The van der Waals surface area contributed by atoms with Crippen molar-refractivity contribution in [1.82, 2.24) is 4.98 Å². The Kier molecular flexibility index (Phi) is 3.15. The number of nitrogens with one attached hydrogen (secondary N) is 1. The summed E-state index contributed by atoms with van der Waals surface area (Å²) in [5.74, 6) is -1.13. The summed E-state index contributed by atoms with van der Waals surface area (Å²) in [5.41, 5.74) is 1.99. The summed E-state index contributed by atoms with van der Waals surface area (Å²) in [6.45, 7) is 0. The number of para-hydroxylation sites is 1. The summed E-state index contributed by atoms with van der Waals surface area (Å²) in [6, 6.07) is 7.67.